The Balaban J connectivity index is 1.72. The van der Waals surface area contributed by atoms with Gasteiger partial charge < -0.3 is 9.32 Å². The molecule has 1 atom stereocenters. The SMILES string of the molecule is BCB(B)Cc1nn(CB(CB(B)B(B)B)B(B)B)c2cc3onc(NN4CCC[C@H]4C=O)c3cc12. The number of anilines is 1. The summed E-state index contributed by atoms with van der Waals surface area (Å²) in [5, 5.41) is 13.6. The highest BCUT2D eigenvalue weighted by Crippen LogP contribution is 2.32. The molecular formula is C17H33B12N5O2. The Hall–Kier alpha value is -1.63. The smallest absolute Gasteiger partial charge is 0.191 e. The molecule has 7 nitrogen and oxygen atoms in total. The van der Waals surface area contributed by atoms with Gasteiger partial charge in [0.25, 0.3) is 0 Å². The van der Waals surface area contributed by atoms with Crippen molar-refractivity contribution in [2.45, 2.75) is 44.1 Å². The predicted octanol–water partition coefficient (Wildman–Crippen LogP) is -5.67. The van der Waals surface area contributed by atoms with Crippen LogP contribution < -0.4 is 5.43 Å². The zero-order valence-electron chi connectivity index (χ0n) is 23.3. The van der Waals surface area contributed by atoms with Gasteiger partial charge in [0.15, 0.2) is 11.4 Å². The first kappa shape index (κ1) is 27.4. The zero-order valence-corrected chi connectivity index (χ0v) is 23.3. The van der Waals surface area contributed by atoms with Gasteiger partial charge in [0.1, 0.15) is 12.9 Å². The molecule has 0 aliphatic carbocycles. The lowest BCUT2D eigenvalue weighted by Crippen LogP contribution is -2.49. The highest BCUT2D eigenvalue weighted by atomic mass is 16.5. The highest BCUT2D eigenvalue weighted by molar-refractivity contribution is 7.69. The lowest BCUT2D eigenvalue weighted by atomic mass is 8.79. The number of rotatable bonds is 12. The average molecular weight is 469 g/mol. The Morgan fingerprint density at radius 1 is 1.14 bits per heavy atom. The number of fused-ring (bicyclic) bond motifs is 2. The van der Waals surface area contributed by atoms with E-state index >= 15 is 0 Å². The molecule has 2 aromatic heterocycles. The molecule has 174 valence electrons. The number of aldehydes is 1. The Morgan fingerprint density at radius 2 is 1.92 bits per heavy atom. The van der Waals surface area contributed by atoms with Crippen molar-refractivity contribution in [2.75, 3.05) is 12.0 Å². The number of carbonyl (C=O) groups excluding carboxylic acids is 1. The van der Waals surface area contributed by atoms with Crippen molar-refractivity contribution in [1.82, 2.24) is 19.9 Å². The maximum atomic E-state index is 11.5. The van der Waals surface area contributed by atoms with Gasteiger partial charge in [-0.3, -0.25) is 10.1 Å². The fourth-order valence-corrected chi connectivity index (χ4v) is 5.25. The first-order valence-electron chi connectivity index (χ1n) is 14.0. The second-order valence-electron chi connectivity index (χ2n) is 11.9. The van der Waals surface area contributed by atoms with Gasteiger partial charge in [0.2, 0.25) is 0 Å². The summed E-state index contributed by atoms with van der Waals surface area (Å²) >= 11 is 0. The van der Waals surface area contributed by atoms with E-state index in [0.29, 0.717) is 38.3 Å². The molecule has 4 rings (SSSR count). The van der Waals surface area contributed by atoms with E-state index < -0.39 is 0 Å². The third-order valence-electron chi connectivity index (χ3n) is 8.53. The van der Waals surface area contributed by atoms with E-state index in [9.17, 15) is 4.79 Å². The summed E-state index contributed by atoms with van der Waals surface area (Å²) in [5.74, 6) is 0.675. The average Bonchev–Trinajstić information content (AvgIpc) is 3.55. The number of hydrogen-bond donors (Lipinski definition) is 1. The maximum absolute atomic E-state index is 11.5. The molecule has 3 heterocycles. The number of hydrazine groups is 1. The van der Waals surface area contributed by atoms with Crippen molar-refractivity contribution in [2.24, 2.45) is 0 Å². The number of nitrogens with one attached hydrogen (secondary N) is 1. The van der Waals surface area contributed by atoms with E-state index in [2.05, 4.69) is 81.7 Å². The minimum Gasteiger partial charge on any atom is -0.354 e. The van der Waals surface area contributed by atoms with Gasteiger partial charge in [-0.25, -0.2) is 5.01 Å². The van der Waals surface area contributed by atoms with Crippen LogP contribution in [0.2, 0.25) is 12.4 Å². The van der Waals surface area contributed by atoms with E-state index in [4.69, 9.17) is 9.62 Å². The summed E-state index contributed by atoms with van der Waals surface area (Å²) in [6.45, 7) is 2.61. The largest absolute Gasteiger partial charge is 0.354 e. The standard InChI is InChI=1S/C17H33B12N5O2/c18-8-25(19)6-14-12-4-13-16(36-32-17(13)31-33-3-1-2-11(33)7-35)5-15(12)34(30-14)10-26(28(21)22)9-27(20)29(23)24/h4-5,7,11H,1-3,6,8-10,18-24H2,(H,31,32)/t11-/m0/s1. The molecule has 3 aromatic rings. The molecular weight excluding hydrogens is 436 g/mol. The summed E-state index contributed by atoms with van der Waals surface area (Å²) in [7, 11) is 16.2. The number of aromatic nitrogens is 3. The second kappa shape index (κ2) is 11.8. The Bertz CT molecular complexity index is 1190. The van der Waals surface area contributed by atoms with Gasteiger partial charge in [0.05, 0.1) is 83.5 Å². The van der Waals surface area contributed by atoms with Crippen LogP contribution in [0.3, 0.4) is 0 Å². The van der Waals surface area contributed by atoms with Gasteiger partial charge in [-0.1, -0.05) is 5.16 Å². The molecule has 19 heteroatoms. The van der Waals surface area contributed by atoms with Crippen LogP contribution in [0.25, 0.3) is 21.9 Å². The molecule has 0 spiro atoms. The summed E-state index contributed by atoms with van der Waals surface area (Å²) in [6, 6.07) is 4.18. The van der Waals surface area contributed by atoms with E-state index in [1.807, 2.05) is 5.01 Å². The predicted molar refractivity (Wildman–Crippen MR) is 179 cm³/mol. The molecule has 1 aliphatic heterocycles. The van der Waals surface area contributed by atoms with Gasteiger partial charge in [-0.15, -0.1) is 12.4 Å². The van der Waals surface area contributed by atoms with Crippen LogP contribution >= 0.6 is 0 Å². The molecule has 1 aromatic carbocycles. The third kappa shape index (κ3) is 5.92. The van der Waals surface area contributed by atoms with Crippen LogP contribution in [-0.4, -0.2) is 126 Å². The second-order valence-corrected chi connectivity index (χ2v) is 11.9. The van der Waals surface area contributed by atoms with Crippen molar-refractivity contribution < 1.29 is 9.32 Å². The van der Waals surface area contributed by atoms with Crippen molar-refractivity contribution in [3.63, 3.8) is 0 Å². The first-order chi connectivity index (χ1) is 17.2. The number of benzene rings is 1. The van der Waals surface area contributed by atoms with Crippen LogP contribution in [0.1, 0.15) is 18.5 Å². The van der Waals surface area contributed by atoms with Gasteiger partial charge in [-0.2, -0.15) is 5.10 Å². The van der Waals surface area contributed by atoms with Gasteiger partial charge >= 0.3 is 0 Å². The molecule has 0 saturated carbocycles. The molecule has 1 N–H and O–H groups in total. The molecule has 1 fully saturated rings. The van der Waals surface area contributed by atoms with Crippen LogP contribution in [0.15, 0.2) is 16.7 Å². The summed E-state index contributed by atoms with van der Waals surface area (Å²) in [4.78, 5) is 11.5. The minimum atomic E-state index is -0.120. The summed E-state index contributed by atoms with van der Waals surface area (Å²) in [5.41, 5.74) is 6.38. The lowest BCUT2D eigenvalue weighted by molar-refractivity contribution is -0.111. The normalized spacial score (nSPS) is 15.8. The van der Waals surface area contributed by atoms with Crippen molar-refractivity contribution in [1.29, 1.82) is 0 Å². The Labute approximate surface area is 223 Å². The number of carbonyl (C=O) groups is 1. The van der Waals surface area contributed by atoms with Crippen molar-refractivity contribution in [3.8, 4) is 0 Å². The molecule has 36 heavy (non-hydrogen) atoms. The third-order valence-corrected chi connectivity index (χ3v) is 8.53. The summed E-state index contributed by atoms with van der Waals surface area (Å²) < 4.78 is 8.01. The number of hydrogen-bond acceptors (Lipinski definition) is 6. The van der Waals surface area contributed by atoms with Crippen molar-refractivity contribution >= 4 is 121 Å². The monoisotopic (exact) mass is 471 g/mol. The molecule has 0 bridgehead atoms. The van der Waals surface area contributed by atoms with Crippen LogP contribution in [0.4, 0.5) is 5.82 Å². The topological polar surface area (TPSA) is 76.2 Å². The fraction of sp³-hybridized carbons (Fsp3) is 0.471. The van der Waals surface area contributed by atoms with Crippen LogP contribution in [0, 0.1) is 0 Å². The van der Waals surface area contributed by atoms with E-state index in [1.54, 1.807) is 0 Å². The van der Waals surface area contributed by atoms with Gasteiger partial charge in [0, 0.05) is 43.7 Å². The molecule has 1 aliphatic rings. The molecule has 0 radical (unpaired) electrons. The summed E-state index contributed by atoms with van der Waals surface area (Å²) in [6.07, 6.45) is 8.32. The molecule has 1 saturated heterocycles. The Morgan fingerprint density at radius 3 is 2.58 bits per heavy atom. The van der Waals surface area contributed by atoms with E-state index in [-0.39, 0.29) is 6.04 Å². The van der Waals surface area contributed by atoms with Crippen molar-refractivity contribution in [3.05, 3.63) is 17.8 Å². The lowest BCUT2D eigenvalue weighted by Gasteiger charge is -2.21. The Kier molecular flexibility index (Phi) is 9.00. The van der Waals surface area contributed by atoms with Crippen LogP contribution in [0.5, 0.6) is 0 Å². The minimum absolute atomic E-state index is 0.120. The molecule has 0 unspecified atom stereocenters. The van der Waals surface area contributed by atoms with Gasteiger partial charge in [-0.05, 0) is 25.2 Å². The highest BCUT2D eigenvalue weighted by Gasteiger charge is 2.28. The fourth-order valence-electron chi connectivity index (χ4n) is 5.25. The van der Waals surface area contributed by atoms with Crippen LogP contribution in [-0.2, 0) is 17.6 Å². The molecule has 0 amide bonds. The van der Waals surface area contributed by atoms with E-state index in [0.717, 1.165) is 66.8 Å². The van der Waals surface area contributed by atoms with E-state index in [1.165, 1.54) is 11.6 Å². The maximum Gasteiger partial charge on any atom is 0.191 e. The quantitative estimate of drug-likeness (QED) is 0.211. The zero-order chi connectivity index (χ0) is 26.0. The number of nitrogens with zero attached hydrogens (tertiary/aromatic N) is 4. The first-order valence-corrected chi connectivity index (χ1v) is 14.0.